The number of methoxy groups -OCH3 is 1. The fourth-order valence-corrected chi connectivity index (χ4v) is 4.84. The van der Waals surface area contributed by atoms with Gasteiger partial charge in [0.15, 0.2) is 12.4 Å². The number of hydrogen-bond acceptors (Lipinski definition) is 7. The molecule has 212 valence electrons. The molecule has 1 aliphatic carbocycles. The number of ketones is 1. The van der Waals surface area contributed by atoms with Gasteiger partial charge in [-0.3, -0.25) is 19.2 Å². The van der Waals surface area contributed by atoms with Crippen molar-refractivity contribution >= 4 is 52.1 Å². The van der Waals surface area contributed by atoms with Crippen LogP contribution < -0.4 is 10.6 Å². The summed E-state index contributed by atoms with van der Waals surface area (Å²) in [5.74, 6) is -4.31. The van der Waals surface area contributed by atoms with Crippen molar-refractivity contribution < 1.29 is 38.6 Å². The largest absolute Gasteiger partial charge is 0.481 e. The summed E-state index contributed by atoms with van der Waals surface area (Å²) < 4.78 is 11.6. The Labute approximate surface area is 241 Å². The Bertz CT molecular complexity index is 1150. The smallest absolute Gasteiger partial charge is 0.339 e. The first kappa shape index (κ1) is 32.2. The van der Waals surface area contributed by atoms with Gasteiger partial charge in [0.25, 0.3) is 0 Å². The molecule has 3 atom stereocenters. The zero-order chi connectivity index (χ0) is 29.3. The number of halogens is 1. The van der Waals surface area contributed by atoms with Crippen molar-refractivity contribution in [3.05, 3.63) is 56.2 Å². The molecule has 1 aromatic rings. The lowest BCUT2D eigenvalue weighted by atomic mass is 9.97. The van der Waals surface area contributed by atoms with Crippen LogP contribution in [0, 0.1) is 19.8 Å². The number of carbonyl (C=O) groups is 5. The SMILES string of the molecule is COC1CC=C(I)C=C1CC(=O)N[C@H](C(=O)NC(CC(=O)O)C(=O)COC(=O)c1c(C)cccc1C)C(C)C. The molecule has 0 aromatic heterocycles. The number of rotatable bonds is 13. The van der Waals surface area contributed by atoms with Crippen LogP contribution >= 0.6 is 22.6 Å². The van der Waals surface area contributed by atoms with Crippen molar-refractivity contribution in [1.29, 1.82) is 0 Å². The summed E-state index contributed by atoms with van der Waals surface area (Å²) >= 11 is 2.16. The molecular weight excluding hydrogens is 619 g/mol. The van der Waals surface area contributed by atoms with Crippen LogP contribution in [0.4, 0.5) is 0 Å². The molecule has 1 aromatic carbocycles. The average molecular weight is 654 g/mol. The molecule has 2 rings (SSSR count). The highest BCUT2D eigenvalue weighted by molar-refractivity contribution is 14.1. The number of carbonyl (C=O) groups excluding carboxylic acids is 4. The molecule has 0 spiro atoms. The number of carboxylic acid groups (broad SMARTS) is 1. The molecule has 0 radical (unpaired) electrons. The van der Waals surface area contributed by atoms with Gasteiger partial charge in [-0.15, -0.1) is 0 Å². The molecule has 39 heavy (non-hydrogen) atoms. The van der Waals surface area contributed by atoms with Crippen LogP contribution in [-0.2, 0) is 28.7 Å². The molecule has 11 heteroatoms. The van der Waals surface area contributed by atoms with Gasteiger partial charge in [-0.2, -0.15) is 0 Å². The van der Waals surface area contributed by atoms with E-state index in [1.807, 2.05) is 12.2 Å². The minimum Gasteiger partial charge on any atom is -0.481 e. The Kier molecular flexibility index (Phi) is 12.3. The fourth-order valence-electron chi connectivity index (χ4n) is 4.18. The van der Waals surface area contributed by atoms with Crippen LogP contribution in [0.1, 0.15) is 54.6 Å². The molecule has 0 saturated carbocycles. The molecule has 3 N–H and O–H groups in total. The molecule has 0 bridgehead atoms. The van der Waals surface area contributed by atoms with E-state index in [0.717, 1.165) is 9.15 Å². The van der Waals surface area contributed by atoms with Crippen LogP contribution in [-0.4, -0.2) is 66.5 Å². The number of esters is 1. The minimum atomic E-state index is -1.45. The molecule has 1 aliphatic rings. The van der Waals surface area contributed by atoms with Crippen molar-refractivity contribution in [1.82, 2.24) is 10.6 Å². The van der Waals surface area contributed by atoms with Gasteiger partial charge >= 0.3 is 11.9 Å². The van der Waals surface area contributed by atoms with E-state index in [-0.39, 0.29) is 18.4 Å². The maximum absolute atomic E-state index is 13.1. The van der Waals surface area contributed by atoms with Crippen LogP contribution in [0.15, 0.2) is 39.5 Å². The van der Waals surface area contributed by atoms with Gasteiger partial charge in [-0.1, -0.05) is 38.1 Å². The maximum atomic E-state index is 13.1. The number of nitrogens with one attached hydrogen (secondary N) is 2. The number of allylic oxidation sites excluding steroid dienone is 2. The van der Waals surface area contributed by atoms with Crippen LogP contribution in [0.2, 0.25) is 0 Å². The Balaban J connectivity index is 2.08. The summed E-state index contributed by atoms with van der Waals surface area (Å²) in [4.78, 5) is 62.8. The first-order chi connectivity index (χ1) is 18.3. The Morgan fingerprint density at radius 3 is 2.31 bits per heavy atom. The number of amides is 2. The molecular formula is C28H35IN2O8. The third-order valence-corrected chi connectivity index (χ3v) is 7.05. The molecule has 10 nitrogen and oxygen atoms in total. The van der Waals surface area contributed by atoms with Gasteiger partial charge in [-0.05, 0) is 71.6 Å². The van der Waals surface area contributed by atoms with E-state index in [4.69, 9.17) is 9.47 Å². The van der Waals surface area contributed by atoms with E-state index in [0.29, 0.717) is 23.1 Å². The van der Waals surface area contributed by atoms with E-state index in [2.05, 4.69) is 33.2 Å². The summed E-state index contributed by atoms with van der Waals surface area (Å²) in [5, 5.41) is 14.4. The van der Waals surface area contributed by atoms with Gasteiger partial charge in [0.1, 0.15) is 12.1 Å². The van der Waals surface area contributed by atoms with Gasteiger partial charge in [0, 0.05) is 10.7 Å². The van der Waals surface area contributed by atoms with Crippen LogP contribution in [0.5, 0.6) is 0 Å². The van der Waals surface area contributed by atoms with E-state index < -0.39 is 54.6 Å². The first-order valence-electron chi connectivity index (χ1n) is 12.5. The lowest BCUT2D eigenvalue weighted by Gasteiger charge is -2.26. The molecule has 2 unspecified atom stereocenters. The predicted octanol–water partition coefficient (Wildman–Crippen LogP) is 3.18. The Hall–Kier alpha value is -3.06. The van der Waals surface area contributed by atoms with E-state index in [1.165, 1.54) is 0 Å². The average Bonchev–Trinajstić information content (AvgIpc) is 2.85. The second-order valence-corrected chi connectivity index (χ2v) is 10.9. The third-order valence-electron chi connectivity index (χ3n) is 6.29. The number of Topliss-reactive ketones (excluding diaryl/α,β-unsaturated/α-hetero) is 1. The molecule has 0 aliphatic heterocycles. The molecule has 0 fully saturated rings. The first-order valence-corrected chi connectivity index (χ1v) is 13.6. The summed E-state index contributed by atoms with van der Waals surface area (Å²) in [6, 6.07) is 2.77. The van der Waals surface area contributed by atoms with Crippen molar-refractivity contribution in [2.75, 3.05) is 13.7 Å². The number of carboxylic acids is 1. The zero-order valence-electron chi connectivity index (χ0n) is 22.7. The summed E-state index contributed by atoms with van der Waals surface area (Å²) in [5.41, 5.74) is 2.44. The lowest BCUT2D eigenvalue weighted by molar-refractivity contribution is -0.141. The number of hydrogen-bond donors (Lipinski definition) is 3. The monoisotopic (exact) mass is 654 g/mol. The quantitative estimate of drug-likeness (QED) is 0.217. The third kappa shape index (κ3) is 9.57. The lowest BCUT2D eigenvalue weighted by Crippen LogP contribution is -2.54. The highest BCUT2D eigenvalue weighted by atomic mass is 127. The molecule has 0 heterocycles. The topological polar surface area (TPSA) is 148 Å². The molecule has 2 amide bonds. The van der Waals surface area contributed by atoms with Crippen molar-refractivity contribution in [2.24, 2.45) is 5.92 Å². The highest BCUT2D eigenvalue weighted by Gasteiger charge is 2.31. The van der Waals surface area contributed by atoms with Gasteiger partial charge in [-0.25, -0.2) is 4.79 Å². The van der Waals surface area contributed by atoms with Crippen molar-refractivity contribution in [3.63, 3.8) is 0 Å². The standard InChI is InChI=1S/C28H35IN2O8/c1-15(2)26(31-23(33)12-18-11-19(29)9-10-22(18)38-5)27(36)30-20(13-24(34)35)21(32)14-39-28(37)25-16(3)7-6-8-17(25)4/h6-9,11,15,20,22,26H,10,12-14H2,1-5H3,(H,30,36)(H,31,33)(H,34,35)/t20?,22?,26-/m0/s1. The second-order valence-electron chi connectivity index (χ2n) is 9.70. The Morgan fingerprint density at radius 2 is 1.74 bits per heavy atom. The fraction of sp³-hybridized carbons (Fsp3) is 0.464. The predicted molar refractivity (Wildman–Crippen MR) is 152 cm³/mol. The van der Waals surface area contributed by atoms with Gasteiger partial charge in [0.05, 0.1) is 24.5 Å². The van der Waals surface area contributed by atoms with Gasteiger partial charge < -0.3 is 25.2 Å². The second kappa shape index (κ2) is 14.9. The number of aliphatic carboxylic acids is 1. The maximum Gasteiger partial charge on any atom is 0.339 e. The number of aryl methyl sites for hydroxylation is 2. The van der Waals surface area contributed by atoms with E-state index >= 15 is 0 Å². The zero-order valence-corrected chi connectivity index (χ0v) is 24.9. The summed E-state index contributed by atoms with van der Waals surface area (Å²) in [6.45, 7) is 6.18. The van der Waals surface area contributed by atoms with Crippen molar-refractivity contribution in [2.45, 2.75) is 65.1 Å². The number of ether oxygens (including phenoxy) is 2. The summed E-state index contributed by atoms with van der Waals surface area (Å²) in [6.07, 6.45) is 3.56. The minimum absolute atomic E-state index is 0.0150. The highest BCUT2D eigenvalue weighted by Crippen LogP contribution is 2.26. The van der Waals surface area contributed by atoms with Crippen LogP contribution in [0.25, 0.3) is 0 Å². The van der Waals surface area contributed by atoms with Crippen molar-refractivity contribution in [3.8, 4) is 0 Å². The van der Waals surface area contributed by atoms with E-state index in [9.17, 15) is 29.1 Å². The number of benzene rings is 1. The molecule has 0 saturated heterocycles. The van der Waals surface area contributed by atoms with Crippen LogP contribution in [0.3, 0.4) is 0 Å². The summed E-state index contributed by atoms with van der Waals surface area (Å²) in [7, 11) is 1.56. The van der Waals surface area contributed by atoms with Gasteiger partial charge in [0.2, 0.25) is 11.8 Å². The Morgan fingerprint density at radius 1 is 1.10 bits per heavy atom. The normalized spacial score (nSPS) is 16.4. The van der Waals surface area contributed by atoms with E-state index in [1.54, 1.807) is 53.0 Å².